The Morgan fingerprint density at radius 1 is 1.23 bits per heavy atom. The van der Waals surface area contributed by atoms with Gasteiger partial charge in [-0.05, 0) is 24.6 Å². The molecule has 2 fully saturated rings. The highest BCUT2D eigenvalue weighted by Gasteiger charge is 2.30. The Balaban J connectivity index is 1.42. The monoisotopic (exact) mass is 442 g/mol. The van der Waals surface area contributed by atoms with Crippen LogP contribution in [0.4, 0.5) is 16.0 Å². The normalized spacial score (nSPS) is 19.5. The highest BCUT2D eigenvalue weighted by Crippen LogP contribution is 2.28. The minimum atomic E-state index is -0.432. The SMILES string of the molecule is Cc1nnc(NCc2cccc(F)c2Cl)c2cc(N3CCN4CCOCC4C3)ncc12. The van der Waals surface area contributed by atoms with E-state index in [-0.39, 0.29) is 5.02 Å². The van der Waals surface area contributed by atoms with Crippen LogP contribution in [0, 0.1) is 12.7 Å². The molecule has 2 aliphatic rings. The number of halogens is 2. The van der Waals surface area contributed by atoms with Crippen LogP contribution in [0.1, 0.15) is 11.3 Å². The van der Waals surface area contributed by atoms with Crippen LogP contribution in [0.15, 0.2) is 30.5 Å². The number of aromatic nitrogens is 3. The third-order valence-electron chi connectivity index (χ3n) is 6.07. The molecule has 7 nitrogen and oxygen atoms in total. The van der Waals surface area contributed by atoms with Gasteiger partial charge in [-0.3, -0.25) is 4.90 Å². The van der Waals surface area contributed by atoms with Crippen molar-refractivity contribution in [2.75, 3.05) is 49.6 Å². The first-order chi connectivity index (χ1) is 15.1. The quantitative estimate of drug-likeness (QED) is 0.665. The first-order valence-corrected chi connectivity index (χ1v) is 10.8. The van der Waals surface area contributed by atoms with Crippen LogP contribution in [-0.2, 0) is 11.3 Å². The van der Waals surface area contributed by atoms with Gasteiger partial charge in [0.15, 0.2) is 5.82 Å². The van der Waals surface area contributed by atoms with E-state index in [2.05, 4.69) is 31.4 Å². The van der Waals surface area contributed by atoms with Gasteiger partial charge in [-0.1, -0.05) is 23.7 Å². The minimum absolute atomic E-state index is 0.120. The van der Waals surface area contributed by atoms with Gasteiger partial charge in [-0.2, -0.15) is 5.10 Å². The predicted molar refractivity (Wildman–Crippen MR) is 119 cm³/mol. The standard InChI is InChI=1S/C22H24ClFN6O/c1-14-18-11-25-20(30-6-5-29-7-8-31-13-16(29)12-30)9-17(18)22(28-27-14)26-10-15-3-2-4-19(24)21(15)23/h2-4,9,11,16H,5-8,10,12-13H2,1H3,(H,26,28). The van der Waals surface area contributed by atoms with Gasteiger partial charge in [0.05, 0.1) is 30.0 Å². The van der Waals surface area contributed by atoms with E-state index in [0.717, 1.165) is 61.7 Å². The predicted octanol–water partition coefficient (Wildman–Crippen LogP) is 3.26. The molecule has 1 atom stereocenters. The zero-order chi connectivity index (χ0) is 21.4. The van der Waals surface area contributed by atoms with Crippen molar-refractivity contribution in [3.8, 4) is 0 Å². The van der Waals surface area contributed by atoms with E-state index in [0.29, 0.717) is 24.0 Å². The van der Waals surface area contributed by atoms with Gasteiger partial charge in [0.1, 0.15) is 11.6 Å². The number of ether oxygens (including phenoxy) is 1. The lowest BCUT2D eigenvalue weighted by Crippen LogP contribution is -2.58. The third-order valence-corrected chi connectivity index (χ3v) is 6.50. The number of rotatable bonds is 4. The Kier molecular flexibility index (Phi) is 5.60. The maximum absolute atomic E-state index is 13.8. The zero-order valence-corrected chi connectivity index (χ0v) is 18.1. The van der Waals surface area contributed by atoms with E-state index in [9.17, 15) is 4.39 Å². The van der Waals surface area contributed by atoms with Gasteiger partial charge >= 0.3 is 0 Å². The topological polar surface area (TPSA) is 66.4 Å². The fourth-order valence-electron chi connectivity index (χ4n) is 4.28. The van der Waals surface area contributed by atoms with Crippen LogP contribution < -0.4 is 10.2 Å². The van der Waals surface area contributed by atoms with E-state index in [1.165, 1.54) is 6.07 Å². The number of anilines is 2. The average Bonchev–Trinajstić information content (AvgIpc) is 2.80. The van der Waals surface area contributed by atoms with E-state index in [4.69, 9.17) is 21.3 Å². The summed E-state index contributed by atoms with van der Waals surface area (Å²) in [7, 11) is 0. The number of hydrogen-bond acceptors (Lipinski definition) is 7. The second-order valence-corrected chi connectivity index (χ2v) is 8.38. The summed E-state index contributed by atoms with van der Waals surface area (Å²) in [5.74, 6) is 1.11. The number of hydrogen-bond donors (Lipinski definition) is 1. The summed E-state index contributed by atoms with van der Waals surface area (Å²) in [6.45, 7) is 7.65. The molecule has 1 unspecified atom stereocenters. The largest absolute Gasteiger partial charge is 0.378 e. The van der Waals surface area contributed by atoms with Crippen LogP contribution in [0.2, 0.25) is 5.02 Å². The zero-order valence-electron chi connectivity index (χ0n) is 17.3. The molecule has 1 N–H and O–H groups in total. The molecule has 31 heavy (non-hydrogen) atoms. The second-order valence-electron chi connectivity index (χ2n) is 8.00. The van der Waals surface area contributed by atoms with Crippen LogP contribution in [0.5, 0.6) is 0 Å². The smallest absolute Gasteiger partial charge is 0.157 e. The summed E-state index contributed by atoms with van der Waals surface area (Å²) in [4.78, 5) is 9.51. The molecule has 5 rings (SSSR count). The number of nitrogens with one attached hydrogen (secondary N) is 1. The van der Waals surface area contributed by atoms with Crippen molar-refractivity contribution in [3.05, 3.63) is 52.6 Å². The molecule has 2 saturated heterocycles. The Morgan fingerprint density at radius 2 is 2.13 bits per heavy atom. The Labute approximate surface area is 185 Å². The van der Waals surface area contributed by atoms with Gasteiger partial charge < -0.3 is 15.0 Å². The van der Waals surface area contributed by atoms with Crippen LogP contribution in [0.3, 0.4) is 0 Å². The molecule has 1 aromatic carbocycles. The van der Waals surface area contributed by atoms with Crippen molar-refractivity contribution in [2.45, 2.75) is 19.5 Å². The minimum Gasteiger partial charge on any atom is -0.378 e. The maximum atomic E-state index is 13.8. The summed E-state index contributed by atoms with van der Waals surface area (Å²) >= 11 is 6.10. The summed E-state index contributed by atoms with van der Waals surface area (Å²) < 4.78 is 19.4. The first-order valence-electron chi connectivity index (χ1n) is 10.5. The first kappa shape index (κ1) is 20.4. The molecule has 0 radical (unpaired) electrons. The van der Waals surface area contributed by atoms with E-state index in [1.54, 1.807) is 12.1 Å². The molecule has 4 heterocycles. The molecule has 2 aliphatic heterocycles. The van der Waals surface area contributed by atoms with Crippen LogP contribution >= 0.6 is 11.6 Å². The molecule has 0 spiro atoms. The fourth-order valence-corrected chi connectivity index (χ4v) is 4.48. The summed E-state index contributed by atoms with van der Waals surface area (Å²) in [6.07, 6.45) is 1.86. The molecule has 9 heteroatoms. The van der Waals surface area contributed by atoms with Gasteiger partial charge in [0.2, 0.25) is 0 Å². The molecule has 2 aromatic heterocycles. The Bertz CT molecular complexity index is 1110. The van der Waals surface area contributed by atoms with Crippen LogP contribution in [-0.4, -0.2) is 65.5 Å². The summed E-state index contributed by atoms with van der Waals surface area (Å²) in [5.41, 5.74) is 1.48. The van der Waals surface area contributed by atoms with Crippen LogP contribution in [0.25, 0.3) is 10.8 Å². The molecule has 0 bridgehead atoms. The molecule has 0 amide bonds. The molecule has 0 aliphatic carbocycles. The van der Waals surface area contributed by atoms with E-state index < -0.39 is 5.82 Å². The number of benzene rings is 1. The van der Waals surface area contributed by atoms with Crippen molar-refractivity contribution in [1.29, 1.82) is 0 Å². The lowest BCUT2D eigenvalue weighted by atomic mass is 10.1. The number of nitrogens with zero attached hydrogens (tertiary/aromatic N) is 5. The number of pyridine rings is 1. The number of piperazine rings is 1. The fraction of sp³-hybridized carbons (Fsp3) is 0.409. The van der Waals surface area contributed by atoms with E-state index in [1.807, 2.05) is 13.1 Å². The number of fused-ring (bicyclic) bond motifs is 2. The Hall–Kier alpha value is -2.55. The molecule has 162 valence electrons. The molecule has 3 aromatic rings. The second kappa shape index (κ2) is 8.53. The highest BCUT2D eigenvalue weighted by atomic mass is 35.5. The van der Waals surface area contributed by atoms with Crippen molar-refractivity contribution < 1.29 is 9.13 Å². The Morgan fingerprint density at radius 3 is 3.03 bits per heavy atom. The average molecular weight is 443 g/mol. The van der Waals surface area contributed by atoms with Crippen molar-refractivity contribution in [2.24, 2.45) is 0 Å². The lowest BCUT2D eigenvalue weighted by molar-refractivity contribution is -0.0117. The maximum Gasteiger partial charge on any atom is 0.157 e. The van der Waals surface area contributed by atoms with Gasteiger partial charge in [-0.25, -0.2) is 9.37 Å². The van der Waals surface area contributed by atoms with E-state index >= 15 is 0 Å². The molecule has 0 saturated carbocycles. The highest BCUT2D eigenvalue weighted by molar-refractivity contribution is 6.31. The lowest BCUT2D eigenvalue weighted by Gasteiger charge is -2.44. The molecular formula is C22H24ClFN6O. The third kappa shape index (κ3) is 4.03. The van der Waals surface area contributed by atoms with Gasteiger partial charge in [0.25, 0.3) is 0 Å². The summed E-state index contributed by atoms with van der Waals surface area (Å²) in [5, 5.41) is 13.9. The van der Waals surface area contributed by atoms with Gasteiger partial charge in [0, 0.05) is 49.7 Å². The van der Waals surface area contributed by atoms with Gasteiger partial charge in [-0.15, -0.1) is 5.10 Å². The van der Waals surface area contributed by atoms with Crippen molar-refractivity contribution in [1.82, 2.24) is 20.1 Å². The number of aryl methyl sites for hydroxylation is 1. The number of morpholine rings is 1. The summed E-state index contributed by atoms with van der Waals surface area (Å²) in [6, 6.07) is 7.24. The van der Waals surface area contributed by atoms with Crippen molar-refractivity contribution >= 4 is 34.0 Å². The van der Waals surface area contributed by atoms with Crippen molar-refractivity contribution in [3.63, 3.8) is 0 Å². The molecular weight excluding hydrogens is 419 g/mol.